The van der Waals surface area contributed by atoms with Gasteiger partial charge >= 0.3 is 0 Å². The van der Waals surface area contributed by atoms with Crippen molar-refractivity contribution in [3.8, 4) is 11.3 Å². The van der Waals surface area contributed by atoms with E-state index in [4.69, 9.17) is 5.73 Å². The normalized spacial score (nSPS) is 20.8. The highest BCUT2D eigenvalue weighted by Crippen LogP contribution is 2.26. The maximum atomic E-state index is 13.0. The number of aromatic nitrogens is 2. The molecule has 3 rings (SSSR count). The average Bonchev–Trinajstić information content (AvgIpc) is 3.38. The SMILES string of the molecule is CCn1nccc1-c1ccc([C@H](C)NC(=O)[C@@H]2C[C@@H](O)CN2C(=O)[C@@H](N)C(C)(C)C)cc1. The van der Waals surface area contributed by atoms with Crippen molar-refractivity contribution < 1.29 is 14.7 Å². The van der Waals surface area contributed by atoms with Gasteiger partial charge in [0.25, 0.3) is 0 Å². The molecule has 2 aromatic rings. The van der Waals surface area contributed by atoms with Gasteiger partial charge in [0.05, 0.1) is 23.9 Å². The Labute approximate surface area is 189 Å². The summed E-state index contributed by atoms with van der Waals surface area (Å²) < 4.78 is 1.93. The van der Waals surface area contributed by atoms with Gasteiger partial charge in [-0.1, -0.05) is 45.0 Å². The second kappa shape index (κ2) is 9.42. The molecular formula is C24H35N5O3. The third kappa shape index (κ3) is 5.02. The molecule has 0 bridgehead atoms. The molecule has 1 aliphatic heterocycles. The van der Waals surface area contributed by atoms with Crippen LogP contribution in [0.1, 0.15) is 52.6 Å². The standard InChI is InChI=1S/C24H35N5O3/c1-6-29-19(11-12-26-29)17-9-7-16(8-10-17)15(2)27-22(31)20-13-18(30)14-28(20)23(32)21(25)24(3,4)5/h7-12,15,18,20-21,30H,6,13-14,25H2,1-5H3,(H,27,31)/t15-,18+,20-,21+/m0/s1. The number of hydrogen-bond acceptors (Lipinski definition) is 5. The highest BCUT2D eigenvalue weighted by molar-refractivity contribution is 5.91. The van der Waals surface area contributed by atoms with E-state index in [1.54, 1.807) is 6.20 Å². The number of amides is 2. The molecule has 2 amide bonds. The smallest absolute Gasteiger partial charge is 0.243 e. The molecule has 1 fully saturated rings. The van der Waals surface area contributed by atoms with Gasteiger partial charge < -0.3 is 21.1 Å². The van der Waals surface area contributed by atoms with Crippen LogP contribution < -0.4 is 11.1 Å². The van der Waals surface area contributed by atoms with E-state index in [0.717, 1.165) is 23.4 Å². The summed E-state index contributed by atoms with van der Waals surface area (Å²) in [7, 11) is 0. The van der Waals surface area contributed by atoms with E-state index in [1.165, 1.54) is 4.90 Å². The minimum atomic E-state index is -0.746. The minimum absolute atomic E-state index is 0.120. The number of carbonyl (C=O) groups is 2. The number of aliphatic hydroxyl groups excluding tert-OH is 1. The van der Waals surface area contributed by atoms with Gasteiger partial charge in [-0.3, -0.25) is 14.3 Å². The van der Waals surface area contributed by atoms with Crippen LogP contribution in [0.2, 0.25) is 0 Å². The molecule has 1 aliphatic rings. The van der Waals surface area contributed by atoms with Crippen molar-refractivity contribution >= 4 is 11.8 Å². The topological polar surface area (TPSA) is 113 Å². The summed E-state index contributed by atoms with van der Waals surface area (Å²) in [5, 5.41) is 17.4. The lowest BCUT2D eigenvalue weighted by molar-refractivity contribution is -0.141. The molecular weight excluding hydrogens is 406 g/mol. The Balaban J connectivity index is 1.69. The van der Waals surface area contributed by atoms with Crippen LogP contribution in [0.5, 0.6) is 0 Å². The number of rotatable bonds is 6. The highest BCUT2D eigenvalue weighted by atomic mass is 16.3. The van der Waals surface area contributed by atoms with Crippen molar-refractivity contribution in [1.82, 2.24) is 20.0 Å². The fourth-order valence-electron chi connectivity index (χ4n) is 4.02. The quantitative estimate of drug-likeness (QED) is 0.635. The van der Waals surface area contributed by atoms with E-state index in [2.05, 4.69) is 10.4 Å². The van der Waals surface area contributed by atoms with Gasteiger partial charge in [-0.25, -0.2) is 0 Å². The number of hydrogen-bond donors (Lipinski definition) is 3. The Morgan fingerprint density at radius 1 is 1.25 bits per heavy atom. The fraction of sp³-hybridized carbons (Fsp3) is 0.542. The van der Waals surface area contributed by atoms with Crippen LogP contribution in [0.15, 0.2) is 36.5 Å². The molecule has 1 aromatic carbocycles. The number of benzene rings is 1. The molecule has 0 unspecified atom stereocenters. The molecule has 0 aliphatic carbocycles. The van der Waals surface area contributed by atoms with E-state index in [9.17, 15) is 14.7 Å². The summed E-state index contributed by atoms with van der Waals surface area (Å²) in [5.74, 6) is -0.588. The van der Waals surface area contributed by atoms with Crippen molar-refractivity contribution in [1.29, 1.82) is 0 Å². The van der Waals surface area contributed by atoms with Gasteiger partial charge in [-0.05, 0) is 36.5 Å². The summed E-state index contributed by atoms with van der Waals surface area (Å²) in [4.78, 5) is 27.4. The lowest BCUT2D eigenvalue weighted by atomic mass is 9.86. The van der Waals surface area contributed by atoms with E-state index in [0.29, 0.717) is 0 Å². The Bertz CT molecular complexity index is 947. The summed E-state index contributed by atoms with van der Waals surface area (Å²) in [6.07, 6.45) is 1.26. The number of carbonyl (C=O) groups excluding carboxylic acids is 2. The molecule has 8 nitrogen and oxygen atoms in total. The molecule has 4 atom stereocenters. The Kier molecular flexibility index (Phi) is 7.05. The van der Waals surface area contributed by atoms with Gasteiger partial charge in [0.2, 0.25) is 11.8 Å². The predicted octanol–water partition coefficient (Wildman–Crippen LogP) is 2.08. The third-order valence-corrected chi connectivity index (χ3v) is 6.15. The Hall–Kier alpha value is -2.71. The molecule has 1 aromatic heterocycles. The van der Waals surface area contributed by atoms with Gasteiger partial charge in [0.1, 0.15) is 6.04 Å². The summed E-state index contributed by atoms with van der Waals surface area (Å²) in [5.41, 5.74) is 8.75. The van der Waals surface area contributed by atoms with Crippen molar-refractivity contribution in [3.63, 3.8) is 0 Å². The van der Waals surface area contributed by atoms with Crippen molar-refractivity contribution in [2.45, 2.75) is 71.8 Å². The van der Waals surface area contributed by atoms with Crippen molar-refractivity contribution in [3.05, 3.63) is 42.1 Å². The number of nitrogens with two attached hydrogens (primary N) is 1. The van der Waals surface area contributed by atoms with Crippen LogP contribution in [0, 0.1) is 5.41 Å². The van der Waals surface area contributed by atoms with Gasteiger partial charge in [-0.15, -0.1) is 0 Å². The van der Waals surface area contributed by atoms with Crippen LogP contribution in [0.3, 0.4) is 0 Å². The Morgan fingerprint density at radius 3 is 2.50 bits per heavy atom. The minimum Gasteiger partial charge on any atom is -0.391 e. The van der Waals surface area contributed by atoms with Crippen molar-refractivity contribution in [2.75, 3.05) is 6.54 Å². The maximum absolute atomic E-state index is 13.0. The van der Waals surface area contributed by atoms with E-state index >= 15 is 0 Å². The predicted molar refractivity (Wildman–Crippen MR) is 123 cm³/mol. The molecule has 174 valence electrons. The van der Waals surface area contributed by atoms with Crippen molar-refractivity contribution in [2.24, 2.45) is 11.1 Å². The molecule has 4 N–H and O–H groups in total. The lowest BCUT2D eigenvalue weighted by Gasteiger charge is -2.32. The zero-order valence-electron chi connectivity index (χ0n) is 19.6. The first-order valence-electron chi connectivity index (χ1n) is 11.2. The number of likely N-dealkylation sites (tertiary alicyclic amines) is 1. The van der Waals surface area contributed by atoms with E-state index < -0.39 is 23.6 Å². The van der Waals surface area contributed by atoms with Gasteiger partial charge in [0, 0.05) is 25.7 Å². The first-order chi connectivity index (χ1) is 15.0. The van der Waals surface area contributed by atoms with Gasteiger partial charge in [0.15, 0.2) is 0 Å². The molecule has 8 heteroatoms. The second-order valence-corrected chi connectivity index (χ2v) is 9.62. The molecule has 1 saturated heterocycles. The van der Waals surface area contributed by atoms with Gasteiger partial charge in [-0.2, -0.15) is 5.10 Å². The first kappa shape index (κ1) is 23.9. The molecule has 0 saturated carbocycles. The fourth-order valence-corrected chi connectivity index (χ4v) is 4.02. The van der Waals surface area contributed by atoms with E-state index in [-0.39, 0.29) is 30.8 Å². The van der Waals surface area contributed by atoms with Crippen LogP contribution in [-0.2, 0) is 16.1 Å². The van der Waals surface area contributed by atoms with Crippen LogP contribution >= 0.6 is 0 Å². The maximum Gasteiger partial charge on any atom is 0.243 e. The summed E-state index contributed by atoms with van der Waals surface area (Å²) >= 11 is 0. The molecule has 32 heavy (non-hydrogen) atoms. The molecule has 0 spiro atoms. The average molecular weight is 442 g/mol. The zero-order valence-corrected chi connectivity index (χ0v) is 19.6. The van der Waals surface area contributed by atoms with Crippen LogP contribution in [0.4, 0.5) is 0 Å². The zero-order chi connectivity index (χ0) is 23.6. The number of β-amino-alcohol motifs (C(OH)–C–C–N with tert-alkyl or cyclic N) is 1. The second-order valence-electron chi connectivity index (χ2n) is 9.62. The highest BCUT2D eigenvalue weighted by Gasteiger charge is 2.42. The molecule has 0 radical (unpaired) electrons. The van der Waals surface area contributed by atoms with Crippen LogP contribution in [0.25, 0.3) is 11.3 Å². The summed E-state index contributed by atoms with van der Waals surface area (Å²) in [6.45, 7) is 10.5. The number of nitrogens with zero attached hydrogens (tertiary/aromatic N) is 3. The first-order valence-corrected chi connectivity index (χ1v) is 11.2. The molecule has 2 heterocycles. The number of nitrogens with one attached hydrogen (secondary N) is 1. The monoisotopic (exact) mass is 441 g/mol. The third-order valence-electron chi connectivity index (χ3n) is 6.15. The Morgan fingerprint density at radius 2 is 1.91 bits per heavy atom. The summed E-state index contributed by atoms with van der Waals surface area (Å²) in [6, 6.07) is 8.24. The van der Waals surface area contributed by atoms with E-state index in [1.807, 2.05) is 69.6 Å². The largest absolute Gasteiger partial charge is 0.391 e. The number of aliphatic hydroxyl groups is 1. The number of aryl methyl sites for hydroxylation is 1. The van der Waals surface area contributed by atoms with Crippen LogP contribution in [-0.4, -0.2) is 56.3 Å². The lowest BCUT2D eigenvalue weighted by Crippen LogP contribution is -2.55.